The van der Waals surface area contributed by atoms with Crippen molar-refractivity contribution in [1.29, 1.82) is 0 Å². The van der Waals surface area contributed by atoms with Gasteiger partial charge in [-0.1, -0.05) is 91.1 Å². The highest BCUT2D eigenvalue weighted by Gasteiger charge is 2.58. The lowest BCUT2D eigenvalue weighted by atomic mass is 9.70. The van der Waals surface area contributed by atoms with Crippen LogP contribution in [0.15, 0.2) is 204 Å². The molecule has 0 N–H and O–H groups in total. The quantitative estimate of drug-likeness (QED) is 0.0444. The monoisotopic (exact) mass is 1120 g/mol. The Kier molecular flexibility index (Phi) is 16.1. The van der Waals surface area contributed by atoms with Crippen molar-refractivity contribution >= 4 is 32.7 Å². The van der Waals surface area contributed by atoms with Crippen LogP contribution in [0.25, 0.3) is 32.7 Å². The molecule has 6 bridgehead atoms. The highest BCUT2D eigenvalue weighted by atomic mass is 16.5. The molecule has 12 heterocycles. The van der Waals surface area contributed by atoms with E-state index in [2.05, 4.69) is 167 Å². The van der Waals surface area contributed by atoms with E-state index in [1.54, 1.807) is 0 Å². The molecule has 0 spiro atoms. The number of piperidine rings is 9. The summed E-state index contributed by atoms with van der Waals surface area (Å²) in [5.74, 6) is 2.94. The van der Waals surface area contributed by atoms with E-state index in [4.69, 9.17) is 29.2 Å². The molecule has 0 radical (unpaired) electrons. The van der Waals surface area contributed by atoms with E-state index in [1.165, 1.54) is 68.8 Å². The molecule has 9 saturated heterocycles. The fourth-order valence-electron chi connectivity index (χ4n) is 18.1. The van der Waals surface area contributed by atoms with Crippen molar-refractivity contribution in [1.82, 2.24) is 15.0 Å². The molecular weight excluding hydrogens is 1030 g/mol. The number of hydrogen-bond donors (Lipinski definition) is 0. The lowest BCUT2D eigenvalue weighted by molar-refractivity contribution is -0.986. The third-order valence-electron chi connectivity index (χ3n) is 21.8. The van der Waals surface area contributed by atoms with Crippen molar-refractivity contribution in [2.75, 3.05) is 59.1 Å². The Morgan fingerprint density at radius 3 is 1.00 bits per heavy atom. The van der Waals surface area contributed by atoms with Crippen molar-refractivity contribution in [3.63, 3.8) is 0 Å². The van der Waals surface area contributed by atoms with Gasteiger partial charge >= 0.3 is 0 Å². The van der Waals surface area contributed by atoms with Crippen molar-refractivity contribution in [3.8, 4) is 0 Å². The molecule has 7 aromatic rings. The van der Waals surface area contributed by atoms with Crippen molar-refractivity contribution in [2.24, 2.45) is 35.5 Å². The summed E-state index contributed by atoms with van der Waals surface area (Å²) < 4.78 is 24.3. The SMILES string of the molecule is C=CCOC(c1ccnc2ccccc12)[C@@H]1CC2CC[N+]1(Cc1cc(C[N+]34CCC(C[C@H]3C(OCC=C)c3ccnc5ccccc35)C(C=C)C4)cc(C[N+]34CCC(C[C@H]3C(OCC=C)c3ccnc5ccccc35)C(C=C)C4)c1)CC2C=C. The number of pyridine rings is 3. The van der Waals surface area contributed by atoms with Crippen LogP contribution in [0.2, 0.25) is 0 Å². The van der Waals surface area contributed by atoms with E-state index >= 15 is 0 Å². The number of fused-ring (bicyclic) bond motifs is 12. The lowest BCUT2D eigenvalue weighted by Gasteiger charge is -2.59. The first-order valence-corrected chi connectivity index (χ1v) is 31.5. The number of benzene rings is 4. The van der Waals surface area contributed by atoms with Crippen LogP contribution in [-0.2, 0) is 33.8 Å². The minimum atomic E-state index is -0.144. The number of quaternary nitrogens is 3. The van der Waals surface area contributed by atoms with E-state index in [0.717, 1.165) is 108 Å². The summed E-state index contributed by atoms with van der Waals surface area (Å²) in [6.45, 7) is 36.7. The predicted octanol–water partition coefficient (Wildman–Crippen LogP) is 14.9. The highest BCUT2D eigenvalue weighted by Crippen LogP contribution is 2.53. The van der Waals surface area contributed by atoms with E-state index < -0.39 is 0 Å². The summed E-state index contributed by atoms with van der Waals surface area (Å²) in [4.78, 5) is 14.6. The molecule has 9 aliphatic heterocycles. The third-order valence-corrected chi connectivity index (χ3v) is 21.8. The van der Waals surface area contributed by atoms with Crippen LogP contribution in [0.4, 0.5) is 0 Å². The van der Waals surface area contributed by atoms with Gasteiger partial charge < -0.3 is 27.7 Å². The minimum Gasteiger partial charge on any atom is -0.363 e. The second-order valence-corrected chi connectivity index (χ2v) is 26.1. The zero-order valence-corrected chi connectivity index (χ0v) is 49.4. The van der Waals surface area contributed by atoms with E-state index in [9.17, 15) is 0 Å². The second-order valence-electron chi connectivity index (χ2n) is 26.1. The molecule has 3 aromatic heterocycles. The summed E-state index contributed by atoms with van der Waals surface area (Å²) in [7, 11) is 0. The zero-order chi connectivity index (χ0) is 57.4. The van der Waals surface area contributed by atoms with Gasteiger partial charge in [0.2, 0.25) is 0 Å². The number of nitrogens with zero attached hydrogens (tertiary/aromatic N) is 6. The Hall–Kier alpha value is -6.69. The van der Waals surface area contributed by atoms with Crippen LogP contribution < -0.4 is 0 Å². The fourth-order valence-corrected chi connectivity index (χ4v) is 18.1. The molecule has 0 amide bonds. The number of para-hydroxylation sites is 3. The summed E-state index contributed by atoms with van der Waals surface area (Å²) in [5, 5.41) is 3.51. The second kappa shape index (κ2) is 24.0. The topological polar surface area (TPSA) is 66.4 Å². The van der Waals surface area contributed by atoms with Gasteiger partial charge in [-0.05, 0) is 89.0 Å². The summed E-state index contributed by atoms with van der Waals surface area (Å²) in [5.41, 5.74) is 11.0. The largest absolute Gasteiger partial charge is 0.363 e. The molecule has 84 heavy (non-hydrogen) atoms. The van der Waals surface area contributed by atoms with Crippen molar-refractivity contribution in [2.45, 2.75) is 94.6 Å². The molecule has 16 rings (SSSR count). The van der Waals surface area contributed by atoms with Crippen LogP contribution in [0, 0.1) is 35.5 Å². The average Bonchev–Trinajstić information content (AvgIpc) is 2.16. The maximum atomic E-state index is 7.16. The van der Waals surface area contributed by atoms with Gasteiger partial charge in [0.1, 0.15) is 56.1 Å². The molecule has 12 unspecified atom stereocenters. The Labute approximate surface area is 499 Å². The van der Waals surface area contributed by atoms with E-state index in [-0.39, 0.29) is 36.4 Å². The van der Waals surface area contributed by atoms with Crippen LogP contribution in [0.5, 0.6) is 0 Å². The molecule has 4 aromatic carbocycles. The summed E-state index contributed by atoms with van der Waals surface area (Å²) in [6, 6.07) is 41.1. The Bertz CT molecular complexity index is 3200. The van der Waals surface area contributed by atoms with Gasteiger partial charge in [-0.15, -0.1) is 39.5 Å². The number of hydrogen-bond acceptors (Lipinski definition) is 6. The maximum Gasteiger partial charge on any atom is 0.135 e. The number of rotatable bonds is 24. The summed E-state index contributed by atoms with van der Waals surface area (Å²) in [6.07, 6.45) is 24.9. The minimum absolute atomic E-state index is 0.144. The normalized spacial score (nSPS) is 30.6. The van der Waals surface area contributed by atoms with Gasteiger partial charge in [0.15, 0.2) is 0 Å². The van der Waals surface area contributed by atoms with Gasteiger partial charge in [-0.3, -0.25) is 15.0 Å². The standard InChI is InChI=1S/C75H87N6O3/c1-7-37-82-73(64-25-31-76-67-22-16-13-19-61(64)67)70-43-58-28-34-79(70,49-55(58)10-4)46-52-40-53(47-80-35-29-59(56(11-5)50-80)44-71(80)74(83-38-8-2)65-26-32-77-68-23-17-14-20-62(65)68)42-54(41-52)48-81-36-30-60(57(12-6)51-81)45-72(81)75(84-39-9-3)66-27-33-78-69-24-18-15-21-63(66)69/h7-27,31-33,40-42,55-60,70-75H,1-6,28-30,34-39,43-51H2/q+3/t55?,56?,57?,58?,59?,60?,70-,71-,72-,73?,74?,75?,79?,80?,81?/m0/s1. The Balaban J connectivity index is 0.963. The van der Waals surface area contributed by atoms with Gasteiger partial charge in [0.25, 0.3) is 0 Å². The molecule has 432 valence electrons. The van der Waals surface area contributed by atoms with Gasteiger partial charge in [-0.2, -0.15) is 0 Å². The number of ether oxygens (including phenoxy) is 3. The maximum absolute atomic E-state index is 7.16. The first kappa shape index (κ1) is 56.4. The van der Waals surface area contributed by atoms with E-state index in [1.807, 2.05) is 36.8 Å². The molecule has 9 nitrogen and oxygen atoms in total. The molecule has 9 aliphatic rings. The van der Waals surface area contributed by atoms with Gasteiger partial charge in [0, 0.05) is 108 Å². The molecule has 15 atom stereocenters. The van der Waals surface area contributed by atoms with E-state index in [0.29, 0.717) is 55.3 Å². The molecule has 9 heteroatoms. The van der Waals surface area contributed by atoms with Crippen molar-refractivity contribution in [3.05, 3.63) is 237 Å². The number of aromatic nitrogens is 3. The van der Waals surface area contributed by atoms with Gasteiger partial charge in [-0.25, -0.2) is 0 Å². The average molecular weight is 1120 g/mol. The van der Waals surface area contributed by atoms with Crippen LogP contribution >= 0.6 is 0 Å². The van der Waals surface area contributed by atoms with Crippen LogP contribution in [-0.4, -0.2) is 106 Å². The van der Waals surface area contributed by atoms with Crippen LogP contribution in [0.1, 0.15) is 90.2 Å². The third kappa shape index (κ3) is 10.4. The molecular formula is C75H87N6O3+3. The smallest absolute Gasteiger partial charge is 0.135 e. The predicted molar refractivity (Wildman–Crippen MR) is 340 cm³/mol. The van der Waals surface area contributed by atoms with Crippen molar-refractivity contribution < 1.29 is 27.7 Å². The first-order chi connectivity index (χ1) is 41.2. The lowest BCUT2D eigenvalue weighted by Crippen LogP contribution is -2.68. The first-order valence-electron chi connectivity index (χ1n) is 31.5. The molecule has 9 fully saturated rings. The zero-order valence-electron chi connectivity index (χ0n) is 49.4. The Morgan fingerprint density at radius 1 is 0.417 bits per heavy atom. The highest BCUT2D eigenvalue weighted by molar-refractivity contribution is 5.84. The van der Waals surface area contributed by atoms with Crippen LogP contribution in [0.3, 0.4) is 0 Å². The Morgan fingerprint density at radius 2 is 0.714 bits per heavy atom. The van der Waals surface area contributed by atoms with Gasteiger partial charge in [0.05, 0.1) is 75.6 Å². The fraction of sp³-hybridized carbons (Fsp3) is 0.400. The molecule has 0 aliphatic carbocycles. The molecule has 0 saturated carbocycles. The summed E-state index contributed by atoms with van der Waals surface area (Å²) >= 11 is 0.